The Morgan fingerprint density at radius 3 is 2.32 bits per heavy atom. The van der Waals surface area contributed by atoms with E-state index in [4.69, 9.17) is 5.73 Å². The van der Waals surface area contributed by atoms with Crippen LogP contribution >= 0.6 is 15.9 Å². The van der Waals surface area contributed by atoms with E-state index >= 15 is 0 Å². The van der Waals surface area contributed by atoms with E-state index in [-0.39, 0.29) is 5.56 Å². The molecule has 0 saturated heterocycles. The molecule has 0 aliphatic heterocycles. The van der Waals surface area contributed by atoms with Crippen LogP contribution in [0, 0.1) is 0 Å². The highest BCUT2D eigenvalue weighted by atomic mass is 79.9. The number of benzene rings is 2. The highest BCUT2D eigenvalue weighted by Crippen LogP contribution is 2.19. The van der Waals surface area contributed by atoms with Crippen LogP contribution in [-0.2, 0) is 0 Å². The van der Waals surface area contributed by atoms with Gasteiger partial charge in [-0.15, -0.1) is 0 Å². The van der Waals surface area contributed by atoms with Crippen molar-refractivity contribution in [3.63, 3.8) is 0 Å². The second-order valence-corrected chi connectivity index (χ2v) is 4.90. The van der Waals surface area contributed by atoms with Gasteiger partial charge in [-0.25, -0.2) is 0 Å². The molecule has 0 spiro atoms. The van der Waals surface area contributed by atoms with Crippen molar-refractivity contribution < 1.29 is 0 Å². The van der Waals surface area contributed by atoms with Crippen LogP contribution in [0.15, 0.2) is 57.9 Å². The summed E-state index contributed by atoms with van der Waals surface area (Å²) in [5.41, 5.74) is 6.83. The number of nitrogens with two attached hydrogens (primary N) is 1. The maximum absolute atomic E-state index is 12.4. The Balaban J connectivity index is 2.34. The Morgan fingerprint density at radius 1 is 1.00 bits per heavy atom. The number of hydrogen-bond acceptors (Lipinski definition) is 3. The van der Waals surface area contributed by atoms with E-state index in [1.165, 1.54) is 4.68 Å². The third kappa shape index (κ3) is 2.02. The molecule has 0 amide bonds. The number of fused-ring (bicyclic) bond motifs is 1. The van der Waals surface area contributed by atoms with Crippen LogP contribution in [0.2, 0.25) is 0 Å². The fraction of sp³-hybridized carbons (Fsp3) is 0. The minimum atomic E-state index is -0.149. The largest absolute Gasteiger partial charge is 0.399 e. The number of anilines is 1. The topological polar surface area (TPSA) is 60.9 Å². The quantitative estimate of drug-likeness (QED) is 0.702. The van der Waals surface area contributed by atoms with E-state index < -0.39 is 0 Å². The van der Waals surface area contributed by atoms with Gasteiger partial charge in [0.25, 0.3) is 5.56 Å². The summed E-state index contributed by atoms with van der Waals surface area (Å²) >= 11 is 3.40. The highest BCUT2D eigenvalue weighted by Gasteiger charge is 2.09. The molecule has 0 bridgehead atoms. The van der Waals surface area contributed by atoms with Gasteiger partial charge in [-0.2, -0.15) is 9.78 Å². The fourth-order valence-corrected chi connectivity index (χ4v) is 2.45. The van der Waals surface area contributed by atoms with Crippen LogP contribution in [-0.4, -0.2) is 9.78 Å². The lowest BCUT2D eigenvalue weighted by atomic mass is 10.2. The van der Waals surface area contributed by atoms with Gasteiger partial charge < -0.3 is 5.73 Å². The lowest BCUT2D eigenvalue weighted by Gasteiger charge is -2.07. The number of nitrogen functional groups attached to an aromatic ring is 1. The molecule has 5 heteroatoms. The van der Waals surface area contributed by atoms with Crippen LogP contribution in [0.3, 0.4) is 0 Å². The molecular weight excluding hydrogens is 306 g/mol. The first-order chi connectivity index (χ1) is 9.16. The third-order valence-electron chi connectivity index (χ3n) is 2.90. The predicted octanol–water partition coefficient (Wildman–Crippen LogP) is 2.73. The lowest BCUT2D eigenvalue weighted by molar-refractivity contribution is 0.809. The molecule has 4 nitrogen and oxygen atoms in total. The van der Waals surface area contributed by atoms with Gasteiger partial charge in [0.15, 0.2) is 0 Å². The van der Waals surface area contributed by atoms with Crippen molar-refractivity contribution in [1.29, 1.82) is 0 Å². The molecule has 0 atom stereocenters. The first-order valence-corrected chi connectivity index (χ1v) is 6.49. The molecule has 3 rings (SSSR count). The number of hydrogen-bond donors (Lipinski definition) is 1. The molecule has 2 N–H and O–H groups in total. The van der Waals surface area contributed by atoms with Gasteiger partial charge in [0.1, 0.15) is 4.60 Å². The van der Waals surface area contributed by atoms with Crippen LogP contribution in [0.25, 0.3) is 16.5 Å². The molecule has 94 valence electrons. The van der Waals surface area contributed by atoms with E-state index in [1.54, 1.807) is 30.3 Å². The zero-order valence-corrected chi connectivity index (χ0v) is 11.5. The van der Waals surface area contributed by atoms with Crippen LogP contribution in [0.1, 0.15) is 0 Å². The maximum atomic E-state index is 12.4. The van der Waals surface area contributed by atoms with Crippen LogP contribution in [0.5, 0.6) is 0 Å². The number of halogens is 1. The van der Waals surface area contributed by atoms with Gasteiger partial charge in [-0.3, -0.25) is 4.79 Å². The first kappa shape index (κ1) is 11.9. The number of rotatable bonds is 1. The van der Waals surface area contributed by atoms with Crippen molar-refractivity contribution in [1.82, 2.24) is 9.78 Å². The van der Waals surface area contributed by atoms with Gasteiger partial charge in [0.2, 0.25) is 0 Å². The minimum Gasteiger partial charge on any atom is -0.399 e. The second kappa shape index (κ2) is 4.51. The summed E-state index contributed by atoms with van der Waals surface area (Å²) in [4.78, 5) is 12.4. The van der Waals surface area contributed by atoms with Gasteiger partial charge >= 0.3 is 0 Å². The summed E-state index contributed by atoms with van der Waals surface area (Å²) in [6, 6.07) is 14.4. The summed E-state index contributed by atoms with van der Waals surface area (Å²) in [7, 11) is 0. The second-order valence-electron chi connectivity index (χ2n) is 4.14. The molecule has 3 aromatic rings. The van der Waals surface area contributed by atoms with Crippen molar-refractivity contribution in [3.05, 3.63) is 63.5 Å². The predicted molar refractivity (Wildman–Crippen MR) is 79.5 cm³/mol. The van der Waals surface area contributed by atoms with Crippen LogP contribution < -0.4 is 11.3 Å². The van der Waals surface area contributed by atoms with Crippen molar-refractivity contribution in [2.45, 2.75) is 0 Å². The Bertz CT molecular complexity index is 809. The molecule has 0 aliphatic rings. The van der Waals surface area contributed by atoms with Crippen molar-refractivity contribution in [2.24, 2.45) is 0 Å². The first-order valence-electron chi connectivity index (χ1n) is 5.70. The Kier molecular flexibility index (Phi) is 2.83. The maximum Gasteiger partial charge on any atom is 0.279 e. The molecule has 1 aromatic heterocycles. The molecule has 19 heavy (non-hydrogen) atoms. The molecule has 0 saturated carbocycles. The normalized spacial score (nSPS) is 10.8. The Hall–Kier alpha value is -2.14. The molecular formula is C14H10BrN3O. The third-order valence-corrected chi connectivity index (χ3v) is 3.48. The summed E-state index contributed by atoms with van der Waals surface area (Å²) in [6.45, 7) is 0. The van der Waals surface area contributed by atoms with Gasteiger partial charge in [0, 0.05) is 11.1 Å². The van der Waals surface area contributed by atoms with Gasteiger partial charge in [-0.05, 0) is 46.3 Å². The fourth-order valence-electron chi connectivity index (χ4n) is 1.94. The summed E-state index contributed by atoms with van der Waals surface area (Å²) < 4.78 is 2.01. The summed E-state index contributed by atoms with van der Waals surface area (Å²) in [5.74, 6) is 0. The van der Waals surface area contributed by atoms with Crippen molar-refractivity contribution >= 4 is 32.4 Å². The molecule has 0 radical (unpaired) electrons. The average molecular weight is 316 g/mol. The zero-order valence-electron chi connectivity index (χ0n) is 9.88. The summed E-state index contributed by atoms with van der Waals surface area (Å²) in [5, 5.41) is 5.71. The Morgan fingerprint density at radius 2 is 1.63 bits per heavy atom. The van der Waals surface area contributed by atoms with E-state index in [1.807, 2.05) is 18.2 Å². The molecule has 0 unspecified atom stereocenters. The monoisotopic (exact) mass is 315 g/mol. The lowest BCUT2D eigenvalue weighted by Crippen LogP contribution is -2.21. The Labute approximate surface area is 117 Å². The van der Waals surface area contributed by atoms with Crippen molar-refractivity contribution in [3.8, 4) is 5.69 Å². The number of nitrogens with zero attached hydrogens (tertiary/aromatic N) is 2. The smallest absolute Gasteiger partial charge is 0.279 e. The van der Waals surface area contributed by atoms with Crippen molar-refractivity contribution in [2.75, 3.05) is 5.73 Å². The van der Waals surface area contributed by atoms with E-state index in [0.29, 0.717) is 21.4 Å². The molecule has 0 fully saturated rings. The van der Waals surface area contributed by atoms with E-state index in [0.717, 1.165) is 5.39 Å². The molecule has 1 heterocycles. The van der Waals surface area contributed by atoms with E-state index in [2.05, 4.69) is 21.0 Å². The highest BCUT2D eigenvalue weighted by molar-refractivity contribution is 9.10. The zero-order chi connectivity index (χ0) is 13.4. The van der Waals surface area contributed by atoms with Crippen LogP contribution in [0.4, 0.5) is 5.69 Å². The van der Waals surface area contributed by atoms with E-state index in [9.17, 15) is 4.79 Å². The minimum absolute atomic E-state index is 0.149. The standard InChI is InChI=1S/C14H10BrN3O/c15-13-11-3-1-2-4-12(11)14(19)18(17-13)10-7-5-9(16)6-8-10/h1-8H,16H2. The van der Waals surface area contributed by atoms with Gasteiger partial charge in [-0.1, -0.05) is 18.2 Å². The molecule has 0 aliphatic carbocycles. The SMILES string of the molecule is Nc1ccc(-n2nc(Br)c3ccccc3c2=O)cc1. The summed E-state index contributed by atoms with van der Waals surface area (Å²) in [6.07, 6.45) is 0. The number of aromatic nitrogens is 2. The molecule has 2 aromatic carbocycles. The van der Waals surface area contributed by atoms with Gasteiger partial charge in [0.05, 0.1) is 11.1 Å². The average Bonchev–Trinajstić information content (AvgIpc) is 2.44.